The van der Waals surface area contributed by atoms with E-state index in [0.29, 0.717) is 34.9 Å². The van der Waals surface area contributed by atoms with Crippen molar-refractivity contribution in [1.29, 1.82) is 0 Å². The van der Waals surface area contributed by atoms with Gasteiger partial charge in [0, 0.05) is 33.3 Å². The summed E-state index contributed by atoms with van der Waals surface area (Å²) in [4.78, 5) is 60.5. The van der Waals surface area contributed by atoms with E-state index >= 15 is 0 Å². The molecule has 2 heterocycles. The Morgan fingerprint density at radius 1 is 0.825 bits per heavy atom. The minimum Gasteiger partial charge on any atom is -0.463 e. The van der Waals surface area contributed by atoms with Crippen LogP contribution in [-0.2, 0) is 55.7 Å². The molecular weight excluding hydrogens is 528 g/mol. The van der Waals surface area contributed by atoms with Gasteiger partial charge >= 0.3 is 29.5 Å². The number of esters is 4. The molecule has 0 bridgehead atoms. The number of carbonyl (C=O) groups excluding carboxylic acids is 4. The van der Waals surface area contributed by atoms with Crippen LogP contribution >= 0.6 is 0 Å². The standard InChI is InChI=1S/C28H32O12/c1-13-10-20-23(18-8-6-7-9-19(18)27(33)38-20)21(11-13)39-28-26(37-17(5)32)25(36-16(4)31)24(35-15(3)30)22(40-28)12-34-14(2)29/h10-11,22,24-26,28H,6-9,12H2,1-5H3/t22-,24-,25+,26-,28-/m1/s1. The number of carbonyl (C=O) groups is 4. The largest absolute Gasteiger partial charge is 0.463 e. The van der Waals surface area contributed by atoms with Crippen LogP contribution in [0.2, 0.25) is 0 Å². The fourth-order valence-corrected chi connectivity index (χ4v) is 5.17. The molecule has 0 radical (unpaired) electrons. The summed E-state index contributed by atoms with van der Waals surface area (Å²) in [6.45, 7) is 6.05. The van der Waals surface area contributed by atoms with Crippen LogP contribution in [0.3, 0.4) is 0 Å². The summed E-state index contributed by atoms with van der Waals surface area (Å²) in [7, 11) is 0. The minimum absolute atomic E-state index is 0.290. The first-order valence-electron chi connectivity index (χ1n) is 13.0. The molecule has 12 heteroatoms. The molecule has 0 unspecified atom stereocenters. The van der Waals surface area contributed by atoms with Crippen molar-refractivity contribution in [3.63, 3.8) is 0 Å². The molecule has 216 valence electrons. The SMILES string of the molecule is CC(=O)OC[C@H]1O[C@@H](Oc2cc(C)cc3oc(=O)c4c(c23)CCCC4)[C@H](OC(C)=O)[C@@H](OC(C)=O)[C@@H]1OC(C)=O. The van der Waals surface area contributed by atoms with Gasteiger partial charge < -0.3 is 32.8 Å². The molecular formula is C28H32O12. The van der Waals surface area contributed by atoms with Gasteiger partial charge in [0.2, 0.25) is 12.4 Å². The first kappa shape index (κ1) is 29.1. The second-order valence-corrected chi connectivity index (χ2v) is 9.88. The van der Waals surface area contributed by atoms with Gasteiger partial charge in [-0.25, -0.2) is 4.79 Å². The van der Waals surface area contributed by atoms with Crippen LogP contribution in [-0.4, -0.2) is 61.2 Å². The summed E-state index contributed by atoms with van der Waals surface area (Å²) in [5, 5.41) is 0.577. The molecule has 1 aliphatic carbocycles. The normalized spacial score (nSPS) is 24.0. The van der Waals surface area contributed by atoms with Crippen molar-refractivity contribution in [2.45, 2.75) is 91.0 Å². The first-order valence-corrected chi connectivity index (χ1v) is 13.0. The van der Waals surface area contributed by atoms with Gasteiger partial charge in [0.15, 0.2) is 12.2 Å². The summed E-state index contributed by atoms with van der Waals surface area (Å²) in [6.07, 6.45) is -3.69. The van der Waals surface area contributed by atoms with Gasteiger partial charge in [0.1, 0.15) is 24.0 Å². The highest BCUT2D eigenvalue weighted by molar-refractivity contribution is 5.88. The van der Waals surface area contributed by atoms with E-state index in [2.05, 4.69) is 0 Å². The van der Waals surface area contributed by atoms with Crippen LogP contribution in [0.25, 0.3) is 11.0 Å². The lowest BCUT2D eigenvalue weighted by Crippen LogP contribution is -2.63. The number of benzene rings is 1. The number of aryl methyl sites for hydroxylation is 2. The number of ether oxygens (including phenoxy) is 6. The predicted molar refractivity (Wildman–Crippen MR) is 136 cm³/mol. The van der Waals surface area contributed by atoms with Crippen LogP contribution < -0.4 is 10.4 Å². The molecule has 40 heavy (non-hydrogen) atoms. The number of rotatable bonds is 7. The van der Waals surface area contributed by atoms with Crippen molar-refractivity contribution in [2.75, 3.05) is 6.61 Å². The van der Waals surface area contributed by atoms with Gasteiger partial charge in [-0.15, -0.1) is 0 Å². The van der Waals surface area contributed by atoms with Gasteiger partial charge in [0.25, 0.3) is 0 Å². The highest BCUT2D eigenvalue weighted by Gasteiger charge is 2.53. The van der Waals surface area contributed by atoms with E-state index in [4.69, 9.17) is 32.8 Å². The molecule has 4 rings (SSSR count). The Balaban J connectivity index is 1.83. The number of hydrogen-bond donors (Lipinski definition) is 0. The molecule has 1 saturated heterocycles. The molecule has 1 aliphatic heterocycles. The molecule has 0 spiro atoms. The Hall–Kier alpha value is -3.93. The second kappa shape index (κ2) is 12.1. The van der Waals surface area contributed by atoms with Gasteiger partial charge in [-0.05, 0) is 55.9 Å². The highest BCUT2D eigenvalue weighted by Crippen LogP contribution is 2.37. The van der Waals surface area contributed by atoms with Crippen LogP contribution in [0.5, 0.6) is 5.75 Å². The molecule has 0 amide bonds. The van der Waals surface area contributed by atoms with Crippen molar-refractivity contribution >= 4 is 34.8 Å². The molecule has 2 aliphatic rings. The lowest BCUT2D eigenvalue weighted by Gasteiger charge is -2.44. The van der Waals surface area contributed by atoms with Crippen LogP contribution in [0, 0.1) is 6.92 Å². The molecule has 2 aromatic rings. The number of hydrogen-bond acceptors (Lipinski definition) is 12. The van der Waals surface area contributed by atoms with E-state index in [0.717, 1.165) is 39.2 Å². The van der Waals surface area contributed by atoms with E-state index in [1.54, 1.807) is 19.1 Å². The third-order valence-corrected chi connectivity index (χ3v) is 6.62. The van der Waals surface area contributed by atoms with Crippen molar-refractivity contribution in [3.05, 3.63) is 39.2 Å². The molecule has 0 saturated carbocycles. The first-order chi connectivity index (χ1) is 18.9. The van der Waals surface area contributed by atoms with Crippen molar-refractivity contribution < 1.29 is 52.0 Å². The van der Waals surface area contributed by atoms with Crippen molar-refractivity contribution in [3.8, 4) is 5.75 Å². The Kier molecular flexibility index (Phi) is 8.77. The molecule has 5 atom stereocenters. The van der Waals surface area contributed by atoms with Gasteiger partial charge in [-0.1, -0.05) is 0 Å². The molecule has 1 aromatic carbocycles. The van der Waals surface area contributed by atoms with E-state index in [9.17, 15) is 24.0 Å². The third-order valence-electron chi connectivity index (χ3n) is 6.62. The topological polar surface area (TPSA) is 154 Å². The quantitative estimate of drug-likeness (QED) is 0.278. The van der Waals surface area contributed by atoms with Crippen LogP contribution in [0.15, 0.2) is 21.3 Å². The lowest BCUT2D eigenvalue weighted by molar-refractivity contribution is -0.288. The molecule has 0 N–H and O–H groups in total. The molecule has 1 fully saturated rings. The average Bonchev–Trinajstić information content (AvgIpc) is 2.85. The van der Waals surface area contributed by atoms with E-state index in [1.807, 2.05) is 0 Å². The molecule has 12 nitrogen and oxygen atoms in total. The third kappa shape index (κ3) is 6.44. The summed E-state index contributed by atoms with van der Waals surface area (Å²) >= 11 is 0. The summed E-state index contributed by atoms with van der Waals surface area (Å²) in [5.41, 5.74) is 2.02. The van der Waals surface area contributed by atoms with E-state index < -0.39 is 60.2 Å². The Morgan fingerprint density at radius 3 is 2.05 bits per heavy atom. The average molecular weight is 561 g/mol. The van der Waals surface area contributed by atoms with Gasteiger partial charge in [0.05, 0.1) is 5.39 Å². The fraction of sp³-hybridized carbons (Fsp3) is 0.536. The maximum atomic E-state index is 12.7. The Bertz CT molecular complexity index is 1380. The zero-order chi connectivity index (χ0) is 29.1. The van der Waals surface area contributed by atoms with Crippen molar-refractivity contribution in [2.24, 2.45) is 0 Å². The van der Waals surface area contributed by atoms with Crippen LogP contribution in [0.1, 0.15) is 57.2 Å². The fourth-order valence-electron chi connectivity index (χ4n) is 5.17. The molecule has 1 aromatic heterocycles. The Morgan fingerprint density at radius 2 is 1.43 bits per heavy atom. The summed E-state index contributed by atoms with van der Waals surface area (Å²) in [6, 6.07) is 3.46. The maximum Gasteiger partial charge on any atom is 0.339 e. The maximum absolute atomic E-state index is 12.7. The van der Waals surface area contributed by atoms with Gasteiger partial charge in [-0.2, -0.15) is 0 Å². The van der Waals surface area contributed by atoms with Crippen molar-refractivity contribution in [1.82, 2.24) is 0 Å². The zero-order valence-corrected chi connectivity index (χ0v) is 23.0. The summed E-state index contributed by atoms with van der Waals surface area (Å²) in [5.74, 6) is -2.55. The van der Waals surface area contributed by atoms with E-state index in [1.165, 1.54) is 6.92 Å². The second-order valence-electron chi connectivity index (χ2n) is 9.88. The van der Waals surface area contributed by atoms with E-state index in [-0.39, 0.29) is 12.4 Å². The highest BCUT2D eigenvalue weighted by atomic mass is 16.7. The Labute approximate surface area is 229 Å². The lowest BCUT2D eigenvalue weighted by atomic mass is 9.90. The number of fused-ring (bicyclic) bond motifs is 3. The minimum atomic E-state index is -1.41. The summed E-state index contributed by atoms with van der Waals surface area (Å²) < 4.78 is 39.6. The zero-order valence-electron chi connectivity index (χ0n) is 23.0. The predicted octanol–water partition coefficient (Wildman–Crippen LogP) is 2.44. The van der Waals surface area contributed by atoms with Gasteiger partial charge in [-0.3, -0.25) is 19.2 Å². The smallest absolute Gasteiger partial charge is 0.339 e. The van der Waals surface area contributed by atoms with Crippen LogP contribution in [0.4, 0.5) is 0 Å². The monoisotopic (exact) mass is 560 g/mol.